The number of fused-ring (bicyclic) bond motifs is 3. The Morgan fingerprint density at radius 3 is 2.87 bits per heavy atom. The van der Waals surface area contributed by atoms with Gasteiger partial charge in [-0.15, -0.1) is 0 Å². The van der Waals surface area contributed by atoms with Gasteiger partial charge >= 0.3 is 7.82 Å². The van der Waals surface area contributed by atoms with Crippen molar-refractivity contribution in [3.05, 3.63) is 40.7 Å². The summed E-state index contributed by atoms with van der Waals surface area (Å²) in [5.74, 6) is 0.655. The second-order valence-corrected chi connectivity index (χ2v) is 10.1. The molecule has 4 rings (SSSR count). The third-order valence-corrected chi connectivity index (χ3v) is 6.10. The third-order valence-electron chi connectivity index (χ3n) is 5.62. The molecule has 2 aromatic rings. The molecule has 2 aliphatic rings. The molecular weight excluding hydrogens is 413 g/mol. The first-order valence-corrected chi connectivity index (χ1v) is 11.1. The number of carbonyl (C=O) groups is 1. The maximum Gasteiger partial charge on any atom is 0.469 e. The van der Waals surface area contributed by atoms with E-state index in [1.165, 1.54) is 18.6 Å². The van der Waals surface area contributed by atoms with E-state index in [-0.39, 0.29) is 12.3 Å². The van der Waals surface area contributed by atoms with Gasteiger partial charge in [-0.3, -0.25) is 9.32 Å². The molecule has 3 atom stereocenters. The van der Waals surface area contributed by atoms with Crippen molar-refractivity contribution in [3.63, 3.8) is 0 Å². The van der Waals surface area contributed by atoms with Gasteiger partial charge in [0.1, 0.15) is 0 Å². The van der Waals surface area contributed by atoms with Crippen LogP contribution in [-0.4, -0.2) is 43.1 Å². The minimum absolute atomic E-state index is 0.241. The zero-order valence-electron chi connectivity index (χ0n) is 16.8. The van der Waals surface area contributed by atoms with E-state index in [0.29, 0.717) is 22.4 Å². The molecule has 0 saturated heterocycles. The highest BCUT2D eigenvalue weighted by molar-refractivity contribution is 7.46. The first kappa shape index (κ1) is 20.9. The second-order valence-electron chi connectivity index (χ2n) is 8.88. The number of nitrogens with zero attached hydrogens (tertiary/aromatic N) is 4. The highest BCUT2D eigenvalue weighted by atomic mass is 31.2. The van der Waals surface area contributed by atoms with Crippen LogP contribution >= 0.6 is 7.82 Å². The molecule has 30 heavy (non-hydrogen) atoms. The molecule has 12 heteroatoms. The Morgan fingerprint density at radius 1 is 1.50 bits per heavy atom. The van der Waals surface area contributed by atoms with Crippen molar-refractivity contribution in [3.8, 4) is 5.82 Å². The van der Waals surface area contributed by atoms with Gasteiger partial charge in [-0.05, 0) is 24.2 Å². The van der Waals surface area contributed by atoms with Crippen molar-refractivity contribution < 1.29 is 28.4 Å². The Hall–Kier alpha value is -2.33. The fourth-order valence-electron chi connectivity index (χ4n) is 3.85. The predicted molar refractivity (Wildman–Crippen MR) is 104 cm³/mol. The molecule has 0 aliphatic heterocycles. The lowest BCUT2D eigenvalue weighted by Gasteiger charge is -2.31. The summed E-state index contributed by atoms with van der Waals surface area (Å²) in [6.45, 7) is 5.16. The summed E-state index contributed by atoms with van der Waals surface area (Å²) in [7, 11) is -4.67. The zero-order valence-corrected chi connectivity index (χ0v) is 17.7. The van der Waals surface area contributed by atoms with Crippen LogP contribution in [0.5, 0.6) is 0 Å². The molecule has 3 N–H and O–H groups in total. The summed E-state index contributed by atoms with van der Waals surface area (Å²) >= 11 is 0. The Labute approximate surface area is 172 Å². The van der Waals surface area contributed by atoms with E-state index in [0.717, 1.165) is 24.1 Å². The zero-order chi connectivity index (χ0) is 21.8. The molecular formula is C18H24N5O6P. The molecule has 2 aromatic heterocycles. The minimum Gasteiger partial charge on any atom is -0.619 e. The molecule has 0 bridgehead atoms. The molecule has 1 fully saturated rings. The molecule has 0 radical (unpaired) electrons. The normalized spacial score (nSPS) is 21.1. The van der Waals surface area contributed by atoms with Gasteiger partial charge in [0, 0.05) is 11.5 Å². The average Bonchev–Trinajstić information content (AvgIpc) is 3.12. The van der Waals surface area contributed by atoms with Gasteiger partial charge in [0.05, 0.1) is 24.5 Å². The number of carbonyl (C=O) groups excluding carboxylic acids is 1. The van der Waals surface area contributed by atoms with Crippen molar-refractivity contribution in [2.75, 3.05) is 6.61 Å². The molecule has 0 spiro atoms. The molecule has 2 heterocycles. The molecule has 11 nitrogen and oxygen atoms in total. The maximum atomic E-state index is 13.1. The summed E-state index contributed by atoms with van der Waals surface area (Å²) in [5, 5.41) is 19.0. The highest BCUT2D eigenvalue weighted by Crippen LogP contribution is 2.57. The van der Waals surface area contributed by atoms with Gasteiger partial charge in [-0.25, -0.2) is 14.2 Å². The van der Waals surface area contributed by atoms with Crippen molar-refractivity contribution >= 4 is 13.7 Å². The van der Waals surface area contributed by atoms with Crippen LogP contribution in [0.1, 0.15) is 54.9 Å². The standard InChI is InChI=1S/C18H24N5O6P/c1-18(2,3)13(9-29-30(26,27)28)20-17(24)15-12-7-10-6-11(10)16(12)23(21-15)14-8-22(25)5-4-19-14/h4-5,8,10-11,13H,6-7,9H2,1-3H3,(H,20,24)(H2,26,27,28)/t10-,11-,13?/m1/s1. The third kappa shape index (κ3) is 4.11. The number of hydrogen-bond donors (Lipinski definition) is 3. The summed E-state index contributed by atoms with van der Waals surface area (Å²) < 4.78 is 17.9. The van der Waals surface area contributed by atoms with Crippen LogP contribution in [0.15, 0.2) is 18.6 Å². The van der Waals surface area contributed by atoms with Gasteiger partial charge in [-0.2, -0.15) is 9.83 Å². The Balaban J connectivity index is 1.64. The van der Waals surface area contributed by atoms with Crippen LogP contribution < -0.4 is 10.0 Å². The van der Waals surface area contributed by atoms with Crippen LogP contribution in [0.25, 0.3) is 5.82 Å². The van der Waals surface area contributed by atoms with Gasteiger partial charge in [0.15, 0.2) is 11.9 Å². The number of phosphoric ester groups is 1. The smallest absolute Gasteiger partial charge is 0.469 e. The second kappa shape index (κ2) is 7.12. The number of nitrogens with one attached hydrogen (secondary N) is 1. The molecule has 1 unspecified atom stereocenters. The van der Waals surface area contributed by atoms with E-state index in [1.807, 2.05) is 20.8 Å². The Bertz CT molecular complexity index is 1040. The lowest BCUT2D eigenvalue weighted by Crippen LogP contribution is -2.47. The fourth-order valence-corrected chi connectivity index (χ4v) is 4.20. The van der Waals surface area contributed by atoms with Crippen LogP contribution in [-0.2, 0) is 15.5 Å². The van der Waals surface area contributed by atoms with Crippen molar-refractivity contribution in [2.45, 2.75) is 45.6 Å². The van der Waals surface area contributed by atoms with Gasteiger partial charge in [-0.1, -0.05) is 20.8 Å². The van der Waals surface area contributed by atoms with Crippen molar-refractivity contribution in [2.24, 2.45) is 11.3 Å². The van der Waals surface area contributed by atoms with Gasteiger partial charge in [0.25, 0.3) is 5.91 Å². The minimum atomic E-state index is -4.67. The van der Waals surface area contributed by atoms with E-state index < -0.39 is 25.2 Å². The molecule has 2 aliphatic carbocycles. The summed E-state index contributed by atoms with van der Waals surface area (Å²) in [6.07, 6.45) is 5.70. The lowest BCUT2D eigenvalue weighted by molar-refractivity contribution is -0.605. The monoisotopic (exact) mass is 437 g/mol. The van der Waals surface area contributed by atoms with Crippen LogP contribution in [0.3, 0.4) is 0 Å². The summed E-state index contributed by atoms with van der Waals surface area (Å²) in [6, 6.07) is -0.659. The summed E-state index contributed by atoms with van der Waals surface area (Å²) in [4.78, 5) is 35.4. The quantitative estimate of drug-likeness (QED) is 0.341. The average molecular weight is 437 g/mol. The lowest BCUT2D eigenvalue weighted by atomic mass is 9.87. The molecule has 0 aromatic carbocycles. The predicted octanol–water partition coefficient (Wildman–Crippen LogP) is 0.814. The number of hydrogen-bond acceptors (Lipinski definition) is 6. The van der Waals surface area contributed by atoms with Crippen molar-refractivity contribution in [1.82, 2.24) is 20.1 Å². The first-order chi connectivity index (χ1) is 13.9. The van der Waals surface area contributed by atoms with Crippen LogP contribution in [0, 0.1) is 16.5 Å². The number of rotatable bonds is 6. The Morgan fingerprint density at radius 2 is 2.23 bits per heavy atom. The summed E-state index contributed by atoms with van der Waals surface area (Å²) in [5.41, 5.74) is 1.46. The van der Waals surface area contributed by atoms with Crippen molar-refractivity contribution in [1.29, 1.82) is 0 Å². The van der Waals surface area contributed by atoms with Crippen LogP contribution in [0.2, 0.25) is 0 Å². The molecule has 1 amide bonds. The van der Waals surface area contributed by atoms with E-state index in [1.54, 1.807) is 4.68 Å². The highest BCUT2D eigenvalue weighted by Gasteiger charge is 2.50. The maximum absolute atomic E-state index is 13.1. The number of aromatic nitrogens is 4. The van der Waals surface area contributed by atoms with Gasteiger partial charge < -0.3 is 20.3 Å². The van der Waals surface area contributed by atoms with E-state index in [2.05, 4.69) is 19.9 Å². The van der Waals surface area contributed by atoms with Gasteiger partial charge in [0.2, 0.25) is 12.0 Å². The van der Waals surface area contributed by atoms with E-state index >= 15 is 0 Å². The van der Waals surface area contributed by atoms with Crippen LogP contribution in [0.4, 0.5) is 0 Å². The Kier molecular flexibility index (Phi) is 4.97. The number of amides is 1. The molecule has 1 saturated carbocycles. The van der Waals surface area contributed by atoms with E-state index in [4.69, 9.17) is 9.79 Å². The first-order valence-electron chi connectivity index (χ1n) is 9.62. The number of phosphoric acid groups is 1. The SMILES string of the molecule is CC(C)(C)C(COP(=O)(O)O)NC(=O)c1nn(-c2c[n+]([O-])ccn2)c2c1C[C@H]1C[C@@H]21. The topological polar surface area (TPSA) is 154 Å². The fraction of sp³-hybridized carbons (Fsp3) is 0.556. The molecule has 162 valence electrons. The largest absolute Gasteiger partial charge is 0.619 e. The van der Waals surface area contributed by atoms with E-state index in [9.17, 15) is 14.6 Å².